The van der Waals surface area contributed by atoms with Gasteiger partial charge < -0.3 is 49.6 Å². The Bertz CT molecular complexity index is 616. The van der Waals surface area contributed by atoms with Crippen molar-refractivity contribution in [2.75, 3.05) is 19.8 Å². The topological polar surface area (TPSA) is 158 Å². The summed E-state index contributed by atoms with van der Waals surface area (Å²) < 4.78 is 21.6. The molecule has 2 heterocycles. The Balaban J connectivity index is 1.51. The van der Waals surface area contributed by atoms with Gasteiger partial charge in [-0.3, -0.25) is 0 Å². The Morgan fingerprint density at radius 2 is 1.48 bits per heavy atom. The second-order valence-corrected chi connectivity index (χ2v) is 7.20. The molecule has 0 spiro atoms. The standard InChI is InChI=1S/C19H28O10/c20-11-8-27-18(16(24)13(11)21)28-9-12-14(22)15(23)17(25)19(29-12)26-7-6-10-4-2-1-3-5-10/h1-5,11-25H,6-9H2/t11-,12?,13+,14-,15+,16?,17?,18+,19-/m1/s1. The van der Waals surface area contributed by atoms with Gasteiger partial charge in [0.25, 0.3) is 0 Å². The molecule has 0 aliphatic carbocycles. The van der Waals surface area contributed by atoms with Gasteiger partial charge in [-0.15, -0.1) is 0 Å². The van der Waals surface area contributed by atoms with Gasteiger partial charge in [0.05, 0.1) is 19.8 Å². The van der Waals surface area contributed by atoms with E-state index < -0.39 is 55.3 Å². The monoisotopic (exact) mass is 416 g/mol. The molecular weight excluding hydrogens is 388 g/mol. The minimum Gasteiger partial charge on any atom is -0.388 e. The van der Waals surface area contributed by atoms with E-state index in [0.29, 0.717) is 6.42 Å². The molecule has 10 nitrogen and oxygen atoms in total. The van der Waals surface area contributed by atoms with Gasteiger partial charge >= 0.3 is 0 Å². The lowest BCUT2D eigenvalue weighted by atomic mass is 9.99. The first-order chi connectivity index (χ1) is 13.9. The second-order valence-electron chi connectivity index (χ2n) is 7.20. The van der Waals surface area contributed by atoms with Crippen LogP contribution in [0, 0.1) is 0 Å². The average molecular weight is 416 g/mol. The van der Waals surface area contributed by atoms with Gasteiger partial charge in [0.15, 0.2) is 12.6 Å². The maximum Gasteiger partial charge on any atom is 0.186 e. The first kappa shape index (κ1) is 22.5. The first-order valence-corrected chi connectivity index (χ1v) is 9.51. The smallest absolute Gasteiger partial charge is 0.186 e. The summed E-state index contributed by atoms with van der Waals surface area (Å²) in [5.74, 6) is 0. The predicted octanol–water partition coefficient (Wildman–Crippen LogP) is -2.49. The summed E-state index contributed by atoms with van der Waals surface area (Å²) >= 11 is 0. The highest BCUT2D eigenvalue weighted by Crippen LogP contribution is 2.24. The zero-order chi connectivity index (χ0) is 21.0. The van der Waals surface area contributed by atoms with Crippen LogP contribution < -0.4 is 0 Å². The molecule has 2 aliphatic heterocycles. The average Bonchev–Trinajstić information content (AvgIpc) is 2.73. The van der Waals surface area contributed by atoms with Crippen LogP contribution in [0.5, 0.6) is 0 Å². The number of ether oxygens (including phenoxy) is 4. The molecule has 0 aromatic heterocycles. The molecule has 3 rings (SSSR count). The van der Waals surface area contributed by atoms with E-state index in [1.54, 1.807) is 0 Å². The lowest BCUT2D eigenvalue weighted by molar-refractivity contribution is -0.320. The summed E-state index contributed by atoms with van der Waals surface area (Å²) in [6, 6.07) is 9.54. The summed E-state index contributed by atoms with van der Waals surface area (Å²) in [4.78, 5) is 0. The molecule has 0 saturated carbocycles. The maximum atomic E-state index is 10.2. The van der Waals surface area contributed by atoms with Crippen LogP contribution in [0.4, 0.5) is 0 Å². The van der Waals surface area contributed by atoms with Crippen molar-refractivity contribution >= 4 is 0 Å². The molecule has 0 amide bonds. The lowest BCUT2D eigenvalue weighted by Gasteiger charge is -2.41. The van der Waals surface area contributed by atoms with E-state index in [0.717, 1.165) is 5.56 Å². The summed E-state index contributed by atoms with van der Waals surface area (Å²) in [6.07, 6.45) is -11.5. The van der Waals surface area contributed by atoms with Crippen molar-refractivity contribution < 1.29 is 49.6 Å². The van der Waals surface area contributed by atoms with Crippen molar-refractivity contribution in [2.24, 2.45) is 0 Å². The highest BCUT2D eigenvalue weighted by Gasteiger charge is 2.45. The van der Waals surface area contributed by atoms with Crippen LogP contribution in [0.25, 0.3) is 0 Å². The predicted molar refractivity (Wildman–Crippen MR) is 96.5 cm³/mol. The molecule has 6 N–H and O–H groups in total. The lowest BCUT2D eigenvalue weighted by Crippen LogP contribution is -2.60. The number of hydrogen-bond acceptors (Lipinski definition) is 10. The SMILES string of the molecule is OC1[C@H](OCC2O[C@@H](OCCc3ccccc3)C(O)[C@@H](O)[C@@H]2O)OC[C@@H](O)[C@@H]1O. The van der Waals surface area contributed by atoms with Crippen LogP contribution in [-0.4, -0.2) is 106 Å². The van der Waals surface area contributed by atoms with E-state index in [-0.39, 0.29) is 19.8 Å². The molecule has 2 fully saturated rings. The van der Waals surface area contributed by atoms with E-state index in [4.69, 9.17) is 18.9 Å². The highest BCUT2D eigenvalue weighted by atomic mass is 16.7. The van der Waals surface area contributed by atoms with Crippen molar-refractivity contribution in [2.45, 2.75) is 61.7 Å². The summed E-state index contributed by atoms with van der Waals surface area (Å²) in [7, 11) is 0. The van der Waals surface area contributed by atoms with Gasteiger partial charge in [0, 0.05) is 0 Å². The Morgan fingerprint density at radius 1 is 0.793 bits per heavy atom. The molecule has 0 bridgehead atoms. The van der Waals surface area contributed by atoms with Crippen LogP contribution in [0.15, 0.2) is 30.3 Å². The van der Waals surface area contributed by atoms with E-state index in [1.165, 1.54) is 0 Å². The zero-order valence-corrected chi connectivity index (χ0v) is 15.7. The second kappa shape index (κ2) is 10.2. The van der Waals surface area contributed by atoms with Crippen LogP contribution in [0.1, 0.15) is 5.56 Å². The van der Waals surface area contributed by atoms with Crippen LogP contribution in [-0.2, 0) is 25.4 Å². The first-order valence-electron chi connectivity index (χ1n) is 9.51. The molecular formula is C19H28O10. The zero-order valence-electron chi connectivity index (χ0n) is 15.7. The van der Waals surface area contributed by atoms with Crippen LogP contribution in [0.3, 0.4) is 0 Å². The fourth-order valence-electron chi connectivity index (χ4n) is 3.25. The number of aliphatic hydroxyl groups excluding tert-OH is 6. The molecule has 164 valence electrons. The van der Waals surface area contributed by atoms with Gasteiger partial charge in [-0.25, -0.2) is 0 Å². The normalized spacial score (nSPS) is 40.7. The Hall–Kier alpha value is -1.18. The molecule has 1 aromatic rings. The Labute approximate surface area is 167 Å². The van der Waals surface area contributed by atoms with Crippen molar-refractivity contribution in [3.05, 3.63) is 35.9 Å². The van der Waals surface area contributed by atoms with Crippen LogP contribution in [0.2, 0.25) is 0 Å². The van der Waals surface area contributed by atoms with E-state index in [9.17, 15) is 30.6 Å². The molecule has 2 saturated heterocycles. The molecule has 9 atom stereocenters. The quantitative estimate of drug-likeness (QED) is 0.281. The van der Waals surface area contributed by atoms with Crippen molar-refractivity contribution in [3.8, 4) is 0 Å². The fraction of sp³-hybridized carbons (Fsp3) is 0.684. The molecule has 10 heteroatoms. The number of rotatable bonds is 7. The summed E-state index contributed by atoms with van der Waals surface area (Å²) in [6.45, 7) is -0.325. The fourth-order valence-corrected chi connectivity index (χ4v) is 3.25. The van der Waals surface area contributed by atoms with Gasteiger partial charge in [-0.05, 0) is 12.0 Å². The van der Waals surface area contributed by atoms with Gasteiger partial charge in [0.2, 0.25) is 0 Å². The van der Waals surface area contributed by atoms with Gasteiger partial charge in [0.1, 0.15) is 42.7 Å². The minimum atomic E-state index is -1.52. The minimum absolute atomic E-state index is 0.219. The number of hydrogen-bond donors (Lipinski definition) is 6. The Kier molecular flexibility index (Phi) is 7.93. The third-order valence-electron chi connectivity index (χ3n) is 5.06. The molecule has 3 unspecified atom stereocenters. The van der Waals surface area contributed by atoms with E-state index in [2.05, 4.69) is 0 Å². The third kappa shape index (κ3) is 5.50. The summed E-state index contributed by atoms with van der Waals surface area (Å²) in [5, 5.41) is 59.4. The summed E-state index contributed by atoms with van der Waals surface area (Å²) in [5.41, 5.74) is 1.03. The number of aliphatic hydroxyl groups is 6. The highest BCUT2D eigenvalue weighted by molar-refractivity contribution is 5.14. The van der Waals surface area contributed by atoms with Crippen molar-refractivity contribution in [1.29, 1.82) is 0 Å². The largest absolute Gasteiger partial charge is 0.388 e. The molecule has 2 aliphatic rings. The third-order valence-corrected chi connectivity index (χ3v) is 5.06. The molecule has 1 aromatic carbocycles. The molecule has 29 heavy (non-hydrogen) atoms. The number of benzene rings is 1. The van der Waals surface area contributed by atoms with Crippen molar-refractivity contribution in [1.82, 2.24) is 0 Å². The van der Waals surface area contributed by atoms with Crippen molar-refractivity contribution in [3.63, 3.8) is 0 Å². The van der Waals surface area contributed by atoms with Crippen LogP contribution >= 0.6 is 0 Å². The van der Waals surface area contributed by atoms with E-state index >= 15 is 0 Å². The van der Waals surface area contributed by atoms with E-state index in [1.807, 2.05) is 30.3 Å². The molecule has 0 radical (unpaired) electrons. The maximum absolute atomic E-state index is 10.2. The van der Waals surface area contributed by atoms with Gasteiger partial charge in [-0.1, -0.05) is 30.3 Å². The van der Waals surface area contributed by atoms with Gasteiger partial charge in [-0.2, -0.15) is 0 Å². The Morgan fingerprint density at radius 3 is 2.21 bits per heavy atom.